The molecule has 1 N–H and O–H groups in total. The molecule has 1 unspecified atom stereocenters. The van der Waals surface area contributed by atoms with E-state index < -0.39 is 6.04 Å². The van der Waals surface area contributed by atoms with Crippen LogP contribution < -0.4 is 10.1 Å². The fraction of sp³-hybridized carbons (Fsp3) is 0.462. The predicted molar refractivity (Wildman–Crippen MR) is 136 cm³/mol. The standard InChI is InChI=1S/C26H33ClN2O3S/c1-3-24(26(31)28-21-9-5-6-10-21)29(16-20-8-4-7-11-23(20)27)25(30)18-33-17-19-12-14-22(32-2)15-13-19/h4,7-8,11-15,21,24H,3,5-6,9-10,16-18H2,1-2H3,(H,28,31). The summed E-state index contributed by atoms with van der Waals surface area (Å²) in [7, 11) is 1.64. The minimum atomic E-state index is -0.518. The molecule has 0 aromatic heterocycles. The van der Waals surface area contributed by atoms with E-state index in [4.69, 9.17) is 16.3 Å². The van der Waals surface area contributed by atoms with Gasteiger partial charge in [0.05, 0.1) is 12.9 Å². The Labute approximate surface area is 206 Å². The minimum absolute atomic E-state index is 0.0538. The maximum Gasteiger partial charge on any atom is 0.243 e. The van der Waals surface area contributed by atoms with Gasteiger partial charge in [-0.1, -0.05) is 61.7 Å². The molecular weight excluding hydrogens is 456 g/mol. The number of ether oxygens (including phenoxy) is 1. The van der Waals surface area contributed by atoms with Crippen LogP contribution in [0.5, 0.6) is 5.75 Å². The third-order valence-electron chi connectivity index (χ3n) is 6.04. The van der Waals surface area contributed by atoms with E-state index in [9.17, 15) is 9.59 Å². The number of amides is 2. The molecule has 2 aromatic carbocycles. The van der Waals surface area contributed by atoms with Crippen molar-refractivity contribution in [3.05, 3.63) is 64.7 Å². The van der Waals surface area contributed by atoms with Crippen molar-refractivity contribution < 1.29 is 14.3 Å². The molecule has 33 heavy (non-hydrogen) atoms. The van der Waals surface area contributed by atoms with E-state index in [0.717, 1.165) is 42.6 Å². The second-order valence-corrected chi connectivity index (χ2v) is 9.76. The zero-order valence-corrected chi connectivity index (χ0v) is 21.0. The molecule has 0 radical (unpaired) electrons. The highest BCUT2D eigenvalue weighted by Crippen LogP contribution is 2.23. The van der Waals surface area contributed by atoms with E-state index in [-0.39, 0.29) is 17.9 Å². The Hall–Kier alpha value is -2.18. The van der Waals surface area contributed by atoms with E-state index in [2.05, 4.69) is 5.32 Å². The molecule has 7 heteroatoms. The van der Waals surface area contributed by atoms with Gasteiger partial charge in [0.1, 0.15) is 11.8 Å². The van der Waals surface area contributed by atoms with E-state index in [1.165, 1.54) is 0 Å². The first-order valence-electron chi connectivity index (χ1n) is 11.6. The fourth-order valence-corrected chi connectivity index (χ4v) is 5.22. The van der Waals surface area contributed by atoms with Crippen molar-refractivity contribution in [3.8, 4) is 5.75 Å². The second kappa shape index (κ2) is 12.9. The SMILES string of the molecule is CCC(C(=O)NC1CCCC1)N(Cc1ccccc1Cl)C(=O)CSCc1ccc(OC)cc1. The van der Waals surface area contributed by atoms with Crippen molar-refractivity contribution in [1.82, 2.24) is 10.2 Å². The maximum atomic E-state index is 13.4. The average molecular weight is 489 g/mol. The summed E-state index contributed by atoms with van der Waals surface area (Å²) in [5, 5.41) is 3.78. The van der Waals surface area contributed by atoms with E-state index in [1.807, 2.05) is 55.5 Å². The first-order valence-corrected chi connectivity index (χ1v) is 13.1. The summed E-state index contributed by atoms with van der Waals surface area (Å²) in [6, 6.07) is 15.0. The number of benzene rings is 2. The van der Waals surface area contributed by atoms with Crippen LogP contribution in [0.1, 0.15) is 50.2 Å². The number of nitrogens with one attached hydrogen (secondary N) is 1. The van der Waals surface area contributed by atoms with Crippen molar-refractivity contribution in [2.45, 2.75) is 63.4 Å². The largest absolute Gasteiger partial charge is 0.497 e. The quantitative estimate of drug-likeness (QED) is 0.457. The van der Waals surface area contributed by atoms with Gasteiger partial charge in [-0.2, -0.15) is 0 Å². The highest BCUT2D eigenvalue weighted by atomic mass is 35.5. The molecule has 1 atom stereocenters. The molecule has 1 aliphatic rings. The lowest BCUT2D eigenvalue weighted by atomic mass is 10.1. The van der Waals surface area contributed by atoms with Gasteiger partial charge in [-0.3, -0.25) is 9.59 Å². The number of hydrogen-bond acceptors (Lipinski definition) is 4. The highest BCUT2D eigenvalue weighted by Gasteiger charge is 2.30. The molecule has 0 heterocycles. The molecule has 0 saturated heterocycles. The van der Waals surface area contributed by atoms with Gasteiger partial charge in [-0.15, -0.1) is 11.8 Å². The molecule has 5 nitrogen and oxygen atoms in total. The van der Waals surface area contributed by atoms with Gasteiger partial charge in [0.2, 0.25) is 11.8 Å². The van der Waals surface area contributed by atoms with Crippen molar-refractivity contribution >= 4 is 35.2 Å². The molecule has 2 aromatic rings. The van der Waals surface area contributed by atoms with Crippen LogP contribution in [0.4, 0.5) is 0 Å². The van der Waals surface area contributed by atoms with Gasteiger partial charge in [0, 0.05) is 23.4 Å². The number of carbonyl (C=O) groups excluding carboxylic acids is 2. The van der Waals surface area contributed by atoms with Gasteiger partial charge in [-0.05, 0) is 48.6 Å². The molecule has 2 amide bonds. The third-order valence-corrected chi connectivity index (χ3v) is 7.40. The zero-order valence-electron chi connectivity index (χ0n) is 19.4. The van der Waals surface area contributed by atoms with Crippen LogP contribution in [0.3, 0.4) is 0 Å². The van der Waals surface area contributed by atoms with Crippen LogP contribution in [0.25, 0.3) is 0 Å². The maximum absolute atomic E-state index is 13.4. The Morgan fingerprint density at radius 2 is 1.85 bits per heavy atom. The van der Waals surface area contributed by atoms with Crippen molar-refractivity contribution in [1.29, 1.82) is 0 Å². The summed E-state index contributed by atoms with van der Waals surface area (Å²) >= 11 is 7.94. The lowest BCUT2D eigenvalue weighted by Crippen LogP contribution is -2.51. The topological polar surface area (TPSA) is 58.6 Å². The lowest BCUT2D eigenvalue weighted by Gasteiger charge is -2.31. The summed E-state index contributed by atoms with van der Waals surface area (Å²) in [5.41, 5.74) is 1.97. The van der Waals surface area contributed by atoms with Crippen LogP contribution >= 0.6 is 23.4 Å². The van der Waals surface area contributed by atoms with Crippen LogP contribution in [0.15, 0.2) is 48.5 Å². The molecule has 1 aliphatic carbocycles. The smallest absolute Gasteiger partial charge is 0.243 e. The Morgan fingerprint density at radius 1 is 1.15 bits per heavy atom. The number of carbonyl (C=O) groups is 2. The molecule has 0 aliphatic heterocycles. The number of halogens is 1. The van der Waals surface area contributed by atoms with Crippen LogP contribution in [0, 0.1) is 0 Å². The Bertz CT molecular complexity index is 916. The van der Waals surface area contributed by atoms with Crippen LogP contribution in [-0.4, -0.2) is 41.7 Å². The average Bonchev–Trinajstić information content (AvgIpc) is 3.33. The monoisotopic (exact) mass is 488 g/mol. The van der Waals surface area contributed by atoms with Gasteiger partial charge in [0.15, 0.2) is 0 Å². The van der Waals surface area contributed by atoms with E-state index in [0.29, 0.717) is 29.5 Å². The Morgan fingerprint density at radius 3 is 2.48 bits per heavy atom. The summed E-state index contributed by atoms with van der Waals surface area (Å²) in [6.07, 6.45) is 4.87. The van der Waals surface area contributed by atoms with Crippen LogP contribution in [-0.2, 0) is 21.9 Å². The third kappa shape index (κ3) is 7.41. The molecular formula is C26H33ClN2O3S. The predicted octanol–water partition coefficient (Wildman–Crippen LogP) is 5.45. The van der Waals surface area contributed by atoms with Crippen LogP contribution in [0.2, 0.25) is 5.02 Å². The van der Waals surface area contributed by atoms with E-state index >= 15 is 0 Å². The number of thioether (sulfide) groups is 1. The molecule has 0 spiro atoms. The summed E-state index contributed by atoms with van der Waals surface area (Å²) in [5.74, 6) is 1.70. The minimum Gasteiger partial charge on any atom is -0.497 e. The first kappa shape index (κ1) is 25.4. The molecule has 3 rings (SSSR count). The lowest BCUT2D eigenvalue weighted by molar-refractivity contribution is -0.139. The summed E-state index contributed by atoms with van der Waals surface area (Å²) in [4.78, 5) is 28.2. The van der Waals surface area contributed by atoms with Gasteiger partial charge < -0.3 is 15.0 Å². The molecule has 1 fully saturated rings. The number of nitrogens with zero attached hydrogens (tertiary/aromatic N) is 1. The zero-order chi connectivity index (χ0) is 23.6. The normalized spacial score (nSPS) is 14.6. The fourth-order valence-electron chi connectivity index (χ4n) is 4.16. The van der Waals surface area contributed by atoms with Gasteiger partial charge >= 0.3 is 0 Å². The van der Waals surface area contributed by atoms with Gasteiger partial charge in [-0.25, -0.2) is 0 Å². The van der Waals surface area contributed by atoms with Crippen molar-refractivity contribution in [2.24, 2.45) is 0 Å². The second-order valence-electron chi connectivity index (χ2n) is 8.37. The number of hydrogen-bond donors (Lipinski definition) is 1. The summed E-state index contributed by atoms with van der Waals surface area (Å²) < 4.78 is 5.20. The molecule has 178 valence electrons. The van der Waals surface area contributed by atoms with Gasteiger partial charge in [0.25, 0.3) is 0 Å². The van der Waals surface area contributed by atoms with Crippen molar-refractivity contribution in [3.63, 3.8) is 0 Å². The Kier molecular flexibility index (Phi) is 9.95. The molecule has 1 saturated carbocycles. The first-order chi connectivity index (χ1) is 16.0. The number of rotatable bonds is 11. The number of methoxy groups -OCH3 is 1. The molecule has 0 bridgehead atoms. The summed E-state index contributed by atoms with van der Waals surface area (Å²) in [6.45, 7) is 2.27. The van der Waals surface area contributed by atoms with E-state index in [1.54, 1.807) is 23.8 Å². The van der Waals surface area contributed by atoms with Crippen molar-refractivity contribution in [2.75, 3.05) is 12.9 Å². The highest BCUT2D eigenvalue weighted by molar-refractivity contribution is 7.99. The Balaban J connectivity index is 1.69.